The van der Waals surface area contributed by atoms with Crippen molar-refractivity contribution in [2.45, 2.75) is 76.8 Å². The molecule has 3 heterocycles. The Morgan fingerprint density at radius 3 is 2.55 bits per heavy atom. The molecule has 2 bridgehead atoms. The van der Waals surface area contributed by atoms with Crippen LogP contribution in [0.15, 0.2) is 25.3 Å². The van der Waals surface area contributed by atoms with Crippen LogP contribution >= 0.6 is 0 Å². The number of aliphatic hydroxyl groups is 1. The number of amides is 2. The van der Waals surface area contributed by atoms with Crippen LogP contribution in [0.4, 0.5) is 0 Å². The van der Waals surface area contributed by atoms with Crippen LogP contribution in [-0.4, -0.2) is 82.3 Å². The van der Waals surface area contributed by atoms with Crippen LogP contribution in [0.2, 0.25) is 0 Å². The fraction of sp³-hybridized carbons (Fsp3) is 0.720. The number of hydrogen-bond acceptors (Lipinski definition) is 6. The highest BCUT2D eigenvalue weighted by molar-refractivity contribution is 5.98. The molecule has 1 spiro atoms. The van der Waals surface area contributed by atoms with Gasteiger partial charge >= 0.3 is 5.97 Å². The third-order valence-electron chi connectivity index (χ3n) is 7.36. The Morgan fingerprint density at radius 1 is 1.30 bits per heavy atom. The van der Waals surface area contributed by atoms with Gasteiger partial charge in [-0.2, -0.15) is 0 Å². The molecule has 3 fully saturated rings. The van der Waals surface area contributed by atoms with Gasteiger partial charge in [-0.25, -0.2) is 0 Å². The number of carbonyl (C=O) groups is 3. The van der Waals surface area contributed by atoms with E-state index in [1.807, 2.05) is 27.7 Å². The quantitative estimate of drug-likeness (QED) is 0.286. The van der Waals surface area contributed by atoms with Gasteiger partial charge in [-0.15, -0.1) is 13.2 Å². The van der Waals surface area contributed by atoms with E-state index < -0.39 is 41.6 Å². The fourth-order valence-electron chi connectivity index (χ4n) is 5.81. The third kappa shape index (κ3) is 4.12. The number of ether oxygens (including phenoxy) is 2. The van der Waals surface area contributed by atoms with Gasteiger partial charge in [0.25, 0.3) is 0 Å². The van der Waals surface area contributed by atoms with Crippen molar-refractivity contribution in [2.75, 3.05) is 19.8 Å². The molecule has 1 N–H and O–H groups in total. The minimum Gasteiger partial charge on any atom is -0.465 e. The zero-order valence-electron chi connectivity index (χ0n) is 20.2. The molecule has 6 atom stereocenters. The van der Waals surface area contributed by atoms with Crippen LogP contribution in [0.1, 0.15) is 47.0 Å². The van der Waals surface area contributed by atoms with E-state index in [4.69, 9.17) is 9.47 Å². The van der Waals surface area contributed by atoms with E-state index in [9.17, 15) is 19.5 Å². The molecule has 33 heavy (non-hydrogen) atoms. The molecule has 0 saturated carbocycles. The zero-order valence-corrected chi connectivity index (χ0v) is 20.2. The first kappa shape index (κ1) is 25.4. The molecule has 8 nitrogen and oxygen atoms in total. The van der Waals surface area contributed by atoms with Gasteiger partial charge in [-0.3, -0.25) is 14.4 Å². The Bertz CT molecular complexity index is 796. The van der Waals surface area contributed by atoms with Crippen molar-refractivity contribution < 1.29 is 29.0 Å². The monoisotopic (exact) mass is 462 g/mol. The summed E-state index contributed by atoms with van der Waals surface area (Å²) in [6.45, 7) is 15.3. The average molecular weight is 463 g/mol. The molecule has 0 radical (unpaired) electrons. The summed E-state index contributed by atoms with van der Waals surface area (Å²) in [5, 5.41) is 10.2. The molecule has 8 heteroatoms. The van der Waals surface area contributed by atoms with Crippen molar-refractivity contribution in [3.05, 3.63) is 25.3 Å². The first-order valence-electron chi connectivity index (χ1n) is 12.0. The highest BCUT2D eigenvalue weighted by atomic mass is 16.6. The number of likely N-dealkylation sites (tertiary alicyclic amines) is 1. The second-order valence-corrected chi connectivity index (χ2v) is 9.91. The molecule has 0 aromatic heterocycles. The van der Waals surface area contributed by atoms with Crippen LogP contribution in [-0.2, 0) is 23.9 Å². The van der Waals surface area contributed by atoms with Gasteiger partial charge in [-0.1, -0.05) is 26.0 Å². The maximum absolute atomic E-state index is 14.0. The summed E-state index contributed by atoms with van der Waals surface area (Å²) in [6, 6.07) is -1.59. The van der Waals surface area contributed by atoms with Crippen LogP contribution in [0.5, 0.6) is 0 Å². The number of rotatable bonds is 11. The number of carbonyl (C=O) groups excluding carboxylic acids is 3. The van der Waals surface area contributed by atoms with Crippen molar-refractivity contribution >= 4 is 17.8 Å². The molecule has 3 saturated heterocycles. The van der Waals surface area contributed by atoms with E-state index in [0.717, 1.165) is 0 Å². The van der Waals surface area contributed by atoms with Crippen molar-refractivity contribution in [2.24, 2.45) is 17.8 Å². The van der Waals surface area contributed by atoms with Crippen LogP contribution in [0, 0.1) is 17.8 Å². The Balaban J connectivity index is 2.06. The number of fused-ring (bicyclic) bond motifs is 1. The summed E-state index contributed by atoms with van der Waals surface area (Å²) < 4.78 is 11.8. The van der Waals surface area contributed by atoms with Gasteiger partial charge in [0.1, 0.15) is 11.6 Å². The topological polar surface area (TPSA) is 96.4 Å². The van der Waals surface area contributed by atoms with E-state index in [2.05, 4.69) is 13.2 Å². The SMILES string of the molecule is C=CCCOC(=O)[C@@H]1[C@@H]2CCC3(O2)C(C(=O)N(CC=C)C(C)C)N([C@@H](CO)C(C)C)C(=O)[C@H]13. The minimum atomic E-state index is -1.10. The van der Waals surface area contributed by atoms with Gasteiger partial charge in [0.05, 0.1) is 37.2 Å². The molecular weight excluding hydrogens is 424 g/mol. The highest BCUT2D eigenvalue weighted by Gasteiger charge is 2.75. The van der Waals surface area contributed by atoms with Crippen LogP contribution in [0.25, 0.3) is 0 Å². The van der Waals surface area contributed by atoms with E-state index in [1.54, 1.807) is 17.1 Å². The fourth-order valence-corrected chi connectivity index (χ4v) is 5.81. The van der Waals surface area contributed by atoms with Crippen LogP contribution < -0.4 is 0 Å². The highest BCUT2D eigenvalue weighted by Crippen LogP contribution is 2.59. The predicted molar refractivity (Wildman–Crippen MR) is 123 cm³/mol. The van der Waals surface area contributed by atoms with Gasteiger partial charge in [0.15, 0.2) is 0 Å². The molecule has 2 amide bonds. The smallest absolute Gasteiger partial charge is 0.312 e. The van der Waals surface area contributed by atoms with Crippen molar-refractivity contribution in [1.29, 1.82) is 0 Å². The largest absolute Gasteiger partial charge is 0.465 e. The molecule has 184 valence electrons. The Labute approximate surface area is 196 Å². The van der Waals surface area contributed by atoms with Gasteiger partial charge in [0, 0.05) is 12.6 Å². The summed E-state index contributed by atoms with van der Waals surface area (Å²) in [5.41, 5.74) is -1.10. The lowest BCUT2D eigenvalue weighted by molar-refractivity contribution is -0.157. The Kier molecular flexibility index (Phi) is 7.69. The lowest BCUT2D eigenvalue weighted by atomic mass is 9.70. The van der Waals surface area contributed by atoms with Crippen molar-refractivity contribution in [1.82, 2.24) is 9.80 Å². The van der Waals surface area contributed by atoms with E-state index in [-0.39, 0.29) is 37.0 Å². The lowest BCUT2D eigenvalue weighted by Gasteiger charge is -2.41. The second kappa shape index (κ2) is 9.97. The third-order valence-corrected chi connectivity index (χ3v) is 7.36. The average Bonchev–Trinajstić information content (AvgIpc) is 3.40. The van der Waals surface area contributed by atoms with E-state index in [1.165, 1.54) is 4.90 Å². The molecule has 3 rings (SSSR count). The summed E-state index contributed by atoms with van der Waals surface area (Å²) in [7, 11) is 0. The van der Waals surface area contributed by atoms with Gasteiger partial charge in [-0.05, 0) is 39.0 Å². The molecule has 0 aromatic carbocycles. The van der Waals surface area contributed by atoms with Gasteiger partial charge < -0.3 is 24.4 Å². The molecular formula is C25H38N2O6. The standard InChI is InChI=1S/C25H38N2O6/c1-7-9-13-32-24(31)19-18-10-11-25(33-18)20(19)22(29)27(17(14-28)15(3)4)21(25)23(30)26(12-8-2)16(5)6/h7-8,15-21,28H,1-2,9-14H2,3-6H3/t17-,18-,19+,20-,21?,25?/m0/s1. The predicted octanol–water partition coefficient (Wildman–Crippen LogP) is 1.92. The summed E-state index contributed by atoms with van der Waals surface area (Å²) >= 11 is 0. The van der Waals surface area contributed by atoms with Crippen molar-refractivity contribution in [3.63, 3.8) is 0 Å². The first-order chi connectivity index (χ1) is 15.7. The Morgan fingerprint density at radius 2 is 2.00 bits per heavy atom. The van der Waals surface area contributed by atoms with Crippen molar-refractivity contribution in [3.8, 4) is 0 Å². The molecule has 3 aliphatic heterocycles. The number of nitrogens with zero attached hydrogens (tertiary/aromatic N) is 2. The van der Waals surface area contributed by atoms with E-state index in [0.29, 0.717) is 25.8 Å². The van der Waals surface area contributed by atoms with Crippen LogP contribution in [0.3, 0.4) is 0 Å². The number of aliphatic hydroxyl groups excluding tert-OH is 1. The number of esters is 1. The van der Waals surface area contributed by atoms with Gasteiger partial charge in [0.2, 0.25) is 11.8 Å². The first-order valence-corrected chi connectivity index (χ1v) is 12.0. The summed E-state index contributed by atoms with van der Waals surface area (Å²) in [6.07, 6.45) is 4.48. The van der Waals surface area contributed by atoms with E-state index >= 15 is 0 Å². The molecule has 0 aliphatic carbocycles. The minimum absolute atomic E-state index is 0.0911. The zero-order chi connectivity index (χ0) is 24.5. The molecule has 2 unspecified atom stereocenters. The summed E-state index contributed by atoms with van der Waals surface area (Å²) in [4.78, 5) is 44.1. The maximum atomic E-state index is 14.0. The second-order valence-electron chi connectivity index (χ2n) is 9.91. The maximum Gasteiger partial charge on any atom is 0.312 e. The Hall–Kier alpha value is -2.19. The number of hydrogen-bond donors (Lipinski definition) is 1. The normalized spacial score (nSPS) is 31.1. The molecule has 0 aromatic rings. The lowest BCUT2D eigenvalue weighted by Crippen LogP contribution is -2.60. The summed E-state index contributed by atoms with van der Waals surface area (Å²) in [5.74, 6) is -2.66. The molecule has 3 aliphatic rings.